The van der Waals surface area contributed by atoms with Gasteiger partial charge in [0.25, 0.3) is 0 Å². The minimum atomic E-state index is -1.07. The summed E-state index contributed by atoms with van der Waals surface area (Å²) in [6.07, 6.45) is 6.79. The highest BCUT2D eigenvalue weighted by atomic mass is 16.4. The summed E-state index contributed by atoms with van der Waals surface area (Å²) in [5.41, 5.74) is 2.21. The Hall–Kier alpha value is -2.76. The van der Waals surface area contributed by atoms with Gasteiger partial charge in [-0.3, -0.25) is 4.98 Å². The predicted molar refractivity (Wildman–Crippen MR) is 63.2 cm³/mol. The summed E-state index contributed by atoms with van der Waals surface area (Å²) in [4.78, 5) is 19.0. The fourth-order valence-electron chi connectivity index (χ4n) is 1.66. The molecule has 3 aromatic heterocycles. The Morgan fingerprint density at radius 3 is 2.89 bits per heavy atom. The van der Waals surface area contributed by atoms with E-state index in [1.165, 1.54) is 10.6 Å². The highest BCUT2D eigenvalue weighted by molar-refractivity contribution is 5.86. The topological polar surface area (TPSA) is 80.4 Å². The van der Waals surface area contributed by atoms with Gasteiger partial charge in [0.2, 0.25) is 0 Å². The fraction of sp³-hybridized carbons (Fsp3) is 0. The van der Waals surface area contributed by atoms with Gasteiger partial charge in [-0.15, -0.1) is 0 Å². The van der Waals surface area contributed by atoms with Crippen molar-refractivity contribution in [2.45, 2.75) is 0 Å². The lowest BCUT2D eigenvalue weighted by Gasteiger charge is -2.00. The summed E-state index contributed by atoms with van der Waals surface area (Å²) in [5.74, 6) is -1.07. The fourth-order valence-corrected chi connectivity index (χ4v) is 1.66. The number of nitrogens with zero attached hydrogens (tertiary/aromatic N) is 4. The maximum atomic E-state index is 10.8. The standard InChI is InChI=1S/C12H8N4O2/c17-12(18)10-4-11-14-6-9(7-16(11)15-10)8-2-1-3-13-5-8/h1-7H,(H,17,18). The summed E-state index contributed by atoms with van der Waals surface area (Å²) in [6, 6.07) is 5.15. The van der Waals surface area contributed by atoms with Crippen molar-refractivity contribution in [2.75, 3.05) is 0 Å². The monoisotopic (exact) mass is 240 g/mol. The molecule has 0 bridgehead atoms. The van der Waals surface area contributed by atoms with Crippen molar-refractivity contribution in [3.63, 3.8) is 0 Å². The molecule has 0 atom stereocenters. The van der Waals surface area contributed by atoms with E-state index in [0.29, 0.717) is 5.65 Å². The van der Waals surface area contributed by atoms with E-state index in [9.17, 15) is 4.79 Å². The van der Waals surface area contributed by atoms with E-state index < -0.39 is 5.97 Å². The van der Waals surface area contributed by atoms with Gasteiger partial charge >= 0.3 is 5.97 Å². The molecule has 0 amide bonds. The van der Waals surface area contributed by atoms with Crippen LogP contribution in [0.25, 0.3) is 16.8 Å². The lowest BCUT2D eigenvalue weighted by molar-refractivity contribution is 0.0690. The van der Waals surface area contributed by atoms with E-state index >= 15 is 0 Å². The Morgan fingerprint density at radius 2 is 2.17 bits per heavy atom. The van der Waals surface area contributed by atoms with E-state index in [2.05, 4.69) is 15.1 Å². The van der Waals surface area contributed by atoms with Crippen molar-refractivity contribution in [2.24, 2.45) is 0 Å². The van der Waals surface area contributed by atoms with Crippen LogP contribution in [0.1, 0.15) is 10.5 Å². The molecule has 88 valence electrons. The van der Waals surface area contributed by atoms with Gasteiger partial charge in [0.05, 0.1) is 0 Å². The van der Waals surface area contributed by atoms with Crippen molar-refractivity contribution >= 4 is 11.6 Å². The van der Waals surface area contributed by atoms with Crippen molar-refractivity contribution in [1.29, 1.82) is 0 Å². The third-order valence-corrected chi connectivity index (χ3v) is 2.53. The number of aromatic carboxylic acids is 1. The van der Waals surface area contributed by atoms with Gasteiger partial charge in [-0.25, -0.2) is 14.3 Å². The molecular weight excluding hydrogens is 232 g/mol. The van der Waals surface area contributed by atoms with Crippen molar-refractivity contribution in [3.8, 4) is 11.1 Å². The maximum Gasteiger partial charge on any atom is 0.356 e. The van der Waals surface area contributed by atoms with Crippen molar-refractivity contribution in [1.82, 2.24) is 19.6 Å². The summed E-state index contributed by atoms with van der Waals surface area (Å²) < 4.78 is 1.45. The summed E-state index contributed by atoms with van der Waals surface area (Å²) in [5, 5.41) is 12.8. The van der Waals surface area contributed by atoms with Crippen LogP contribution in [-0.4, -0.2) is 30.7 Å². The van der Waals surface area contributed by atoms with E-state index in [1.54, 1.807) is 24.8 Å². The number of carboxylic acids is 1. The third-order valence-electron chi connectivity index (χ3n) is 2.53. The van der Waals surface area contributed by atoms with Crippen molar-refractivity contribution < 1.29 is 9.90 Å². The molecule has 6 heteroatoms. The van der Waals surface area contributed by atoms with Gasteiger partial charge in [-0.05, 0) is 6.07 Å². The second kappa shape index (κ2) is 3.92. The zero-order chi connectivity index (χ0) is 12.5. The molecule has 0 saturated heterocycles. The molecular formula is C12H8N4O2. The van der Waals surface area contributed by atoms with E-state index in [0.717, 1.165) is 11.1 Å². The van der Waals surface area contributed by atoms with Crippen LogP contribution < -0.4 is 0 Å². The van der Waals surface area contributed by atoms with E-state index in [4.69, 9.17) is 5.11 Å². The van der Waals surface area contributed by atoms with Crippen LogP contribution >= 0.6 is 0 Å². The van der Waals surface area contributed by atoms with Gasteiger partial charge in [-0.2, -0.15) is 5.10 Å². The molecule has 1 N–H and O–H groups in total. The molecule has 0 aliphatic carbocycles. The smallest absolute Gasteiger partial charge is 0.356 e. The first-order chi connectivity index (χ1) is 8.74. The molecule has 3 heterocycles. The first kappa shape index (κ1) is 10.4. The SMILES string of the molecule is O=C(O)c1cc2ncc(-c3cccnc3)cn2n1. The van der Waals surface area contributed by atoms with Gasteiger partial charge in [0.15, 0.2) is 11.3 Å². The van der Waals surface area contributed by atoms with Crippen LogP contribution in [0.3, 0.4) is 0 Å². The molecule has 0 saturated carbocycles. The highest BCUT2D eigenvalue weighted by Crippen LogP contribution is 2.17. The molecule has 3 rings (SSSR count). The Morgan fingerprint density at radius 1 is 1.28 bits per heavy atom. The number of hydrogen-bond acceptors (Lipinski definition) is 4. The zero-order valence-corrected chi connectivity index (χ0v) is 9.19. The minimum absolute atomic E-state index is 0.0224. The van der Waals surface area contributed by atoms with Crippen LogP contribution in [-0.2, 0) is 0 Å². The Balaban J connectivity index is 2.14. The summed E-state index contributed by atoms with van der Waals surface area (Å²) in [7, 11) is 0. The van der Waals surface area contributed by atoms with Gasteiger partial charge in [-0.1, -0.05) is 6.07 Å². The molecule has 0 radical (unpaired) electrons. The Bertz CT molecular complexity index is 721. The summed E-state index contributed by atoms with van der Waals surface area (Å²) >= 11 is 0. The number of aromatic nitrogens is 4. The number of carbonyl (C=O) groups is 1. The Labute approximate surface area is 102 Å². The lowest BCUT2D eigenvalue weighted by atomic mass is 10.2. The van der Waals surface area contributed by atoms with Crippen LogP contribution in [0.15, 0.2) is 43.0 Å². The molecule has 0 spiro atoms. The predicted octanol–water partition coefficient (Wildman–Crippen LogP) is 1.49. The molecule has 3 aromatic rings. The molecule has 0 aliphatic rings. The average Bonchev–Trinajstić information content (AvgIpc) is 2.82. The van der Waals surface area contributed by atoms with Crippen LogP contribution in [0.4, 0.5) is 0 Å². The van der Waals surface area contributed by atoms with E-state index in [-0.39, 0.29) is 5.69 Å². The zero-order valence-electron chi connectivity index (χ0n) is 9.19. The normalized spacial score (nSPS) is 10.7. The third kappa shape index (κ3) is 1.69. The first-order valence-corrected chi connectivity index (χ1v) is 5.23. The largest absolute Gasteiger partial charge is 0.476 e. The molecule has 6 nitrogen and oxygen atoms in total. The number of hydrogen-bond donors (Lipinski definition) is 1. The first-order valence-electron chi connectivity index (χ1n) is 5.23. The number of carboxylic acid groups (broad SMARTS) is 1. The van der Waals surface area contributed by atoms with E-state index in [1.807, 2.05) is 12.1 Å². The molecule has 0 aliphatic heterocycles. The molecule has 18 heavy (non-hydrogen) atoms. The lowest BCUT2D eigenvalue weighted by Crippen LogP contribution is -1.97. The maximum absolute atomic E-state index is 10.8. The van der Waals surface area contributed by atoms with Crippen LogP contribution in [0.5, 0.6) is 0 Å². The Kier molecular flexibility index (Phi) is 2.26. The number of rotatable bonds is 2. The van der Waals surface area contributed by atoms with Gasteiger partial charge < -0.3 is 5.11 Å². The van der Waals surface area contributed by atoms with Gasteiger partial charge in [0, 0.05) is 42.0 Å². The molecule has 0 aromatic carbocycles. The average molecular weight is 240 g/mol. The van der Waals surface area contributed by atoms with Crippen LogP contribution in [0.2, 0.25) is 0 Å². The van der Waals surface area contributed by atoms with Crippen molar-refractivity contribution in [3.05, 3.63) is 48.7 Å². The molecule has 0 unspecified atom stereocenters. The minimum Gasteiger partial charge on any atom is -0.476 e. The number of fused-ring (bicyclic) bond motifs is 1. The van der Waals surface area contributed by atoms with Crippen LogP contribution in [0, 0.1) is 0 Å². The van der Waals surface area contributed by atoms with Gasteiger partial charge in [0.1, 0.15) is 0 Å². The highest BCUT2D eigenvalue weighted by Gasteiger charge is 2.10. The quantitative estimate of drug-likeness (QED) is 0.734. The second-order valence-corrected chi connectivity index (χ2v) is 3.72. The summed E-state index contributed by atoms with van der Waals surface area (Å²) in [6.45, 7) is 0. The molecule has 0 fully saturated rings. The number of pyridine rings is 1. The second-order valence-electron chi connectivity index (χ2n) is 3.72.